The Hall–Kier alpha value is -2.91. The number of ether oxygens (including phenoxy) is 1. The van der Waals surface area contributed by atoms with Crippen LogP contribution in [0.1, 0.15) is 25.8 Å². The van der Waals surface area contributed by atoms with Crippen LogP contribution in [0.3, 0.4) is 0 Å². The normalized spacial score (nSPS) is 17.9. The highest BCUT2D eigenvalue weighted by atomic mass is 16.5. The summed E-state index contributed by atoms with van der Waals surface area (Å²) in [4.78, 5) is 24.7. The van der Waals surface area contributed by atoms with Crippen LogP contribution >= 0.6 is 0 Å². The molecule has 9 heteroatoms. The molecule has 0 unspecified atom stereocenters. The summed E-state index contributed by atoms with van der Waals surface area (Å²) in [6.07, 6.45) is 3.40. The first-order valence-electron chi connectivity index (χ1n) is 11.1. The second-order valence-corrected chi connectivity index (χ2v) is 8.05. The average Bonchev–Trinajstić information content (AvgIpc) is 3.11. The first-order valence-corrected chi connectivity index (χ1v) is 11.1. The van der Waals surface area contributed by atoms with Crippen LogP contribution in [0.4, 0.5) is 17.3 Å². The SMILES string of the molecule is CCn1c(=O)n(C2CCOCC2)c2nc(Nc3ccc(N4CCNCC4)cc3)ncc21. The topological polar surface area (TPSA) is 89.2 Å². The third kappa shape index (κ3) is 3.90. The summed E-state index contributed by atoms with van der Waals surface area (Å²) in [6.45, 7) is 7.98. The van der Waals surface area contributed by atoms with Crippen molar-refractivity contribution in [2.45, 2.75) is 32.4 Å². The van der Waals surface area contributed by atoms with Crippen molar-refractivity contribution in [1.82, 2.24) is 24.4 Å². The van der Waals surface area contributed by atoms with Gasteiger partial charge in [0, 0.05) is 63.4 Å². The third-order valence-corrected chi connectivity index (χ3v) is 6.18. The summed E-state index contributed by atoms with van der Waals surface area (Å²) in [5, 5.41) is 6.68. The highest BCUT2D eigenvalue weighted by Crippen LogP contribution is 2.25. The van der Waals surface area contributed by atoms with Crippen LogP contribution in [-0.4, -0.2) is 58.5 Å². The molecule has 2 aromatic heterocycles. The predicted molar refractivity (Wildman–Crippen MR) is 121 cm³/mol. The summed E-state index contributed by atoms with van der Waals surface area (Å²) in [5.74, 6) is 0.497. The van der Waals surface area contributed by atoms with Gasteiger partial charge in [-0.25, -0.2) is 9.78 Å². The predicted octanol–water partition coefficient (Wildman–Crippen LogP) is 2.12. The zero-order valence-corrected chi connectivity index (χ0v) is 17.9. The number of anilines is 3. The number of piperazine rings is 1. The molecule has 5 rings (SSSR count). The summed E-state index contributed by atoms with van der Waals surface area (Å²) in [6, 6.07) is 8.45. The Morgan fingerprint density at radius 3 is 2.61 bits per heavy atom. The van der Waals surface area contributed by atoms with Crippen LogP contribution in [0.2, 0.25) is 0 Å². The molecule has 0 aliphatic carbocycles. The van der Waals surface area contributed by atoms with E-state index in [0.29, 0.717) is 31.4 Å². The van der Waals surface area contributed by atoms with E-state index in [1.807, 2.05) is 23.6 Å². The van der Waals surface area contributed by atoms with Gasteiger partial charge in [0.2, 0.25) is 5.95 Å². The lowest BCUT2D eigenvalue weighted by molar-refractivity contribution is 0.0694. The number of nitrogens with zero attached hydrogens (tertiary/aromatic N) is 5. The molecule has 0 atom stereocenters. The molecule has 2 aliphatic rings. The number of aryl methyl sites for hydroxylation is 1. The molecule has 2 fully saturated rings. The standard InChI is InChI=1S/C22H29N7O2/c1-2-28-19-15-24-21(26-20(19)29(22(28)30)18-7-13-31-14-8-18)25-16-3-5-17(6-4-16)27-11-9-23-10-12-27/h3-6,15,18,23H,2,7-14H2,1H3,(H,24,25,26). The zero-order valence-electron chi connectivity index (χ0n) is 17.9. The van der Waals surface area contributed by atoms with E-state index in [-0.39, 0.29) is 11.7 Å². The van der Waals surface area contributed by atoms with Gasteiger partial charge in [-0.3, -0.25) is 9.13 Å². The second kappa shape index (κ2) is 8.68. The molecule has 9 nitrogen and oxygen atoms in total. The van der Waals surface area contributed by atoms with Gasteiger partial charge in [0.25, 0.3) is 0 Å². The second-order valence-electron chi connectivity index (χ2n) is 8.05. The van der Waals surface area contributed by atoms with Crippen molar-refractivity contribution >= 4 is 28.5 Å². The molecular weight excluding hydrogens is 394 g/mol. The fourth-order valence-electron chi connectivity index (χ4n) is 4.50. The highest BCUT2D eigenvalue weighted by molar-refractivity contribution is 5.73. The van der Waals surface area contributed by atoms with Crippen molar-refractivity contribution in [2.24, 2.45) is 0 Å². The maximum Gasteiger partial charge on any atom is 0.330 e. The number of rotatable bonds is 5. The number of aromatic nitrogens is 4. The van der Waals surface area contributed by atoms with Gasteiger partial charge < -0.3 is 20.3 Å². The summed E-state index contributed by atoms with van der Waals surface area (Å²) in [7, 11) is 0. The van der Waals surface area contributed by atoms with E-state index >= 15 is 0 Å². The molecular formula is C22H29N7O2. The summed E-state index contributed by atoms with van der Waals surface area (Å²) < 4.78 is 9.07. The van der Waals surface area contributed by atoms with Crippen LogP contribution in [0.5, 0.6) is 0 Å². The number of fused-ring (bicyclic) bond motifs is 1. The minimum absolute atomic E-state index is 0.0174. The van der Waals surface area contributed by atoms with Crippen molar-refractivity contribution in [3.05, 3.63) is 40.9 Å². The lowest BCUT2D eigenvalue weighted by atomic mass is 10.1. The van der Waals surface area contributed by atoms with Crippen molar-refractivity contribution in [2.75, 3.05) is 49.6 Å². The number of imidazole rings is 1. The quantitative estimate of drug-likeness (QED) is 0.650. The molecule has 1 aromatic carbocycles. The number of hydrogen-bond donors (Lipinski definition) is 2. The first kappa shape index (κ1) is 20.0. The molecule has 0 amide bonds. The Morgan fingerprint density at radius 2 is 1.90 bits per heavy atom. The maximum absolute atomic E-state index is 13.1. The van der Waals surface area contributed by atoms with Crippen LogP contribution in [-0.2, 0) is 11.3 Å². The van der Waals surface area contributed by atoms with Gasteiger partial charge in [-0.05, 0) is 44.0 Å². The molecule has 0 saturated carbocycles. The Morgan fingerprint density at radius 1 is 1.16 bits per heavy atom. The Bertz CT molecular complexity index is 1090. The van der Waals surface area contributed by atoms with Gasteiger partial charge in [-0.1, -0.05) is 0 Å². The van der Waals surface area contributed by atoms with E-state index in [2.05, 4.69) is 32.7 Å². The highest BCUT2D eigenvalue weighted by Gasteiger charge is 2.24. The van der Waals surface area contributed by atoms with Gasteiger partial charge in [-0.15, -0.1) is 0 Å². The Kier molecular flexibility index (Phi) is 5.61. The van der Waals surface area contributed by atoms with E-state index < -0.39 is 0 Å². The molecule has 2 N–H and O–H groups in total. The number of benzene rings is 1. The van der Waals surface area contributed by atoms with Crippen molar-refractivity contribution < 1.29 is 4.74 Å². The molecule has 0 spiro atoms. The summed E-state index contributed by atoms with van der Waals surface area (Å²) in [5.41, 5.74) is 3.59. The van der Waals surface area contributed by atoms with Gasteiger partial charge in [0.15, 0.2) is 5.65 Å². The minimum atomic E-state index is -0.0174. The van der Waals surface area contributed by atoms with Crippen molar-refractivity contribution in [3.63, 3.8) is 0 Å². The average molecular weight is 424 g/mol. The summed E-state index contributed by atoms with van der Waals surface area (Å²) >= 11 is 0. The molecule has 2 saturated heterocycles. The number of nitrogens with one attached hydrogen (secondary N) is 2. The molecule has 31 heavy (non-hydrogen) atoms. The smallest absolute Gasteiger partial charge is 0.330 e. The molecule has 0 bridgehead atoms. The molecule has 164 valence electrons. The van der Waals surface area contributed by atoms with Crippen molar-refractivity contribution in [3.8, 4) is 0 Å². The van der Waals surface area contributed by atoms with E-state index in [9.17, 15) is 4.79 Å². The molecule has 4 heterocycles. The van der Waals surface area contributed by atoms with E-state index in [1.165, 1.54) is 5.69 Å². The largest absolute Gasteiger partial charge is 0.381 e. The van der Waals surface area contributed by atoms with Gasteiger partial charge >= 0.3 is 5.69 Å². The van der Waals surface area contributed by atoms with Crippen LogP contribution in [0.15, 0.2) is 35.3 Å². The first-order chi connectivity index (χ1) is 15.2. The van der Waals surface area contributed by atoms with E-state index in [0.717, 1.165) is 50.2 Å². The fraction of sp³-hybridized carbons (Fsp3) is 0.500. The van der Waals surface area contributed by atoms with Crippen LogP contribution in [0, 0.1) is 0 Å². The van der Waals surface area contributed by atoms with Crippen molar-refractivity contribution in [1.29, 1.82) is 0 Å². The molecule has 2 aliphatic heterocycles. The maximum atomic E-state index is 13.1. The lowest BCUT2D eigenvalue weighted by Crippen LogP contribution is -2.43. The lowest BCUT2D eigenvalue weighted by Gasteiger charge is -2.29. The number of hydrogen-bond acceptors (Lipinski definition) is 7. The van der Waals surface area contributed by atoms with Crippen LogP contribution < -0.4 is 21.2 Å². The van der Waals surface area contributed by atoms with Crippen LogP contribution in [0.25, 0.3) is 11.2 Å². The fourth-order valence-corrected chi connectivity index (χ4v) is 4.50. The van der Waals surface area contributed by atoms with E-state index in [1.54, 1.807) is 10.8 Å². The van der Waals surface area contributed by atoms with E-state index in [4.69, 9.17) is 9.72 Å². The molecule has 0 radical (unpaired) electrons. The zero-order chi connectivity index (χ0) is 21.2. The van der Waals surface area contributed by atoms with Gasteiger partial charge in [0.05, 0.1) is 6.20 Å². The van der Waals surface area contributed by atoms with Gasteiger partial charge in [-0.2, -0.15) is 4.98 Å². The Labute approximate surface area is 181 Å². The third-order valence-electron chi connectivity index (χ3n) is 6.18. The monoisotopic (exact) mass is 423 g/mol. The Balaban J connectivity index is 1.43. The minimum Gasteiger partial charge on any atom is -0.381 e. The molecule has 3 aromatic rings. The van der Waals surface area contributed by atoms with Gasteiger partial charge in [0.1, 0.15) is 5.52 Å².